The highest BCUT2D eigenvalue weighted by Gasteiger charge is 2.24. The summed E-state index contributed by atoms with van der Waals surface area (Å²) in [6.45, 7) is 6.35. The van der Waals surface area contributed by atoms with Crippen LogP contribution in [0.3, 0.4) is 0 Å². The van der Waals surface area contributed by atoms with E-state index >= 15 is 0 Å². The van der Waals surface area contributed by atoms with Crippen LogP contribution in [0, 0.1) is 0 Å². The second-order valence-electron chi connectivity index (χ2n) is 16.9. The van der Waals surface area contributed by atoms with Crippen LogP contribution >= 0.6 is 0 Å². The van der Waals surface area contributed by atoms with Crippen LogP contribution in [0.5, 0.6) is 0 Å². The van der Waals surface area contributed by atoms with Crippen molar-refractivity contribution in [1.82, 2.24) is 5.32 Å². The van der Waals surface area contributed by atoms with Gasteiger partial charge in [0.1, 0.15) is 6.10 Å². The summed E-state index contributed by atoms with van der Waals surface area (Å²) in [5, 5.41) is 23.7. The topological polar surface area (TPSA) is 95.9 Å². The molecule has 0 spiro atoms. The van der Waals surface area contributed by atoms with Gasteiger partial charge >= 0.3 is 5.97 Å². The second kappa shape index (κ2) is 45.2. The number of aliphatic hydroxyl groups excluding tert-OH is 2. The molecule has 0 saturated carbocycles. The van der Waals surface area contributed by atoms with Gasteiger partial charge in [0.15, 0.2) is 0 Å². The van der Waals surface area contributed by atoms with Gasteiger partial charge in [-0.05, 0) is 44.9 Å². The second-order valence-corrected chi connectivity index (χ2v) is 16.9. The molecular formula is C51H95NO5. The van der Waals surface area contributed by atoms with Crippen LogP contribution in [0.4, 0.5) is 0 Å². The van der Waals surface area contributed by atoms with E-state index in [0.717, 1.165) is 57.8 Å². The van der Waals surface area contributed by atoms with Gasteiger partial charge in [-0.15, -0.1) is 0 Å². The number of unbranched alkanes of at least 4 members (excludes halogenated alkanes) is 28. The Hall–Kier alpha value is -1.92. The molecule has 0 aliphatic heterocycles. The number of carbonyl (C=O) groups is 2. The van der Waals surface area contributed by atoms with Crippen LogP contribution in [-0.2, 0) is 14.3 Å². The third-order valence-electron chi connectivity index (χ3n) is 11.3. The highest BCUT2D eigenvalue weighted by molar-refractivity contribution is 5.77. The van der Waals surface area contributed by atoms with E-state index in [-0.39, 0.29) is 24.9 Å². The largest absolute Gasteiger partial charge is 0.462 e. The van der Waals surface area contributed by atoms with Gasteiger partial charge in [-0.3, -0.25) is 9.59 Å². The van der Waals surface area contributed by atoms with Gasteiger partial charge in [0.05, 0.1) is 25.2 Å². The number of aliphatic hydroxyl groups is 2. The Bertz CT molecular complexity index is 946. The van der Waals surface area contributed by atoms with Crippen molar-refractivity contribution in [2.24, 2.45) is 0 Å². The highest BCUT2D eigenvalue weighted by Crippen LogP contribution is 2.18. The number of amides is 1. The van der Waals surface area contributed by atoms with Crippen LogP contribution in [0.25, 0.3) is 0 Å². The van der Waals surface area contributed by atoms with E-state index in [0.29, 0.717) is 19.3 Å². The molecule has 0 rings (SSSR count). The summed E-state index contributed by atoms with van der Waals surface area (Å²) in [7, 11) is 0. The number of allylic oxidation sites excluding steroid dienone is 6. The number of hydrogen-bond acceptors (Lipinski definition) is 5. The SMILES string of the molecule is CC/C=C/C=C/C=C/CCCCCCCCCC(=O)OC(CCCCCCCCCCCC)CC(=O)NC(CO)C(O)CCCCCCCCCCCCCCC. The summed E-state index contributed by atoms with van der Waals surface area (Å²) in [6.07, 6.45) is 52.0. The molecule has 0 saturated heterocycles. The lowest BCUT2D eigenvalue weighted by molar-refractivity contribution is -0.151. The molecule has 0 aromatic heterocycles. The molecule has 0 bridgehead atoms. The predicted molar refractivity (Wildman–Crippen MR) is 246 cm³/mol. The summed E-state index contributed by atoms with van der Waals surface area (Å²) in [5.74, 6) is -0.480. The van der Waals surface area contributed by atoms with E-state index in [1.807, 2.05) is 0 Å². The molecule has 1 amide bonds. The predicted octanol–water partition coefficient (Wildman–Crippen LogP) is 14.5. The molecule has 6 heteroatoms. The number of carbonyl (C=O) groups excluding carboxylic acids is 2. The van der Waals surface area contributed by atoms with Crippen LogP contribution in [0.2, 0.25) is 0 Å². The first kappa shape index (κ1) is 55.1. The fraction of sp³-hybridized carbons (Fsp3) is 0.843. The zero-order valence-electron chi connectivity index (χ0n) is 38.0. The van der Waals surface area contributed by atoms with Gasteiger partial charge in [-0.25, -0.2) is 0 Å². The van der Waals surface area contributed by atoms with Crippen molar-refractivity contribution in [3.05, 3.63) is 36.5 Å². The summed E-state index contributed by atoms with van der Waals surface area (Å²) in [6, 6.07) is -0.699. The van der Waals surface area contributed by atoms with Crippen molar-refractivity contribution in [3.63, 3.8) is 0 Å². The summed E-state index contributed by atoms with van der Waals surface area (Å²) in [5.41, 5.74) is 0. The van der Waals surface area contributed by atoms with Gasteiger partial charge in [0.2, 0.25) is 5.91 Å². The molecule has 0 aromatic rings. The van der Waals surface area contributed by atoms with E-state index in [2.05, 4.69) is 62.5 Å². The van der Waals surface area contributed by atoms with Gasteiger partial charge in [-0.1, -0.05) is 231 Å². The number of esters is 1. The van der Waals surface area contributed by atoms with Gasteiger partial charge in [-0.2, -0.15) is 0 Å². The van der Waals surface area contributed by atoms with E-state index < -0.39 is 18.2 Å². The van der Waals surface area contributed by atoms with Crippen LogP contribution in [-0.4, -0.2) is 46.9 Å². The minimum Gasteiger partial charge on any atom is -0.462 e. The molecule has 0 fully saturated rings. The third-order valence-corrected chi connectivity index (χ3v) is 11.3. The quantitative estimate of drug-likeness (QED) is 0.0324. The Morgan fingerprint density at radius 3 is 1.42 bits per heavy atom. The molecular weight excluding hydrogens is 707 g/mol. The Labute approximate surface area is 353 Å². The lowest BCUT2D eigenvalue weighted by Crippen LogP contribution is -2.46. The van der Waals surface area contributed by atoms with Crippen LogP contribution in [0.1, 0.15) is 252 Å². The van der Waals surface area contributed by atoms with E-state index in [4.69, 9.17) is 4.74 Å². The van der Waals surface area contributed by atoms with E-state index in [9.17, 15) is 19.8 Å². The van der Waals surface area contributed by atoms with Gasteiger partial charge in [0.25, 0.3) is 0 Å². The maximum absolute atomic E-state index is 13.2. The van der Waals surface area contributed by atoms with Gasteiger partial charge < -0.3 is 20.3 Å². The molecule has 3 N–H and O–H groups in total. The zero-order valence-corrected chi connectivity index (χ0v) is 38.0. The van der Waals surface area contributed by atoms with Crippen LogP contribution in [0.15, 0.2) is 36.5 Å². The summed E-state index contributed by atoms with van der Waals surface area (Å²) < 4.78 is 5.91. The number of rotatable bonds is 44. The molecule has 57 heavy (non-hydrogen) atoms. The maximum Gasteiger partial charge on any atom is 0.306 e. The van der Waals surface area contributed by atoms with Crippen molar-refractivity contribution in [2.75, 3.05) is 6.61 Å². The minimum atomic E-state index is -0.785. The molecule has 3 unspecified atom stereocenters. The molecule has 6 nitrogen and oxygen atoms in total. The van der Waals surface area contributed by atoms with E-state index in [1.54, 1.807) is 0 Å². The minimum absolute atomic E-state index is 0.0759. The smallest absolute Gasteiger partial charge is 0.306 e. The maximum atomic E-state index is 13.2. The first-order valence-electron chi connectivity index (χ1n) is 24.7. The Morgan fingerprint density at radius 1 is 0.526 bits per heavy atom. The summed E-state index contributed by atoms with van der Waals surface area (Å²) >= 11 is 0. The fourth-order valence-electron chi connectivity index (χ4n) is 7.55. The van der Waals surface area contributed by atoms with Crippen molar-refractivity contribution in [1.29, 1.82) is 0 Å². The molecule has 0 heterocycles. The average molecular weight is 802 g/mol. The standard InChI is InChI=1S/C51H95NO5/c1-4-7-10-13-16-19-22-24-25-27-29-32-35-38-41-44-51(56)57-47(42-39-36-33-30-21-18-15-12-9-6-3)45-50(55)52-48(46-53)49(54)43-40-37-34-31-28-26-23-20-17-14-11-8-5-2/h7,10,13,16,19,22,47-49,53-54H,4-6,8-9,11-12,14-15,17-18,20-21,23-46H2,1-3H3,(H,52,55)/b10-7+,16-13+,22-19+. The van der Waals surface area contributed by atoms with Crippen molar-refractivity contribution in [2.45, 2.75) is 270 Å². The molecule has 0 aliphatic rings. The number of ether oxygens (including phenoxy) is 1. The highest BCUT2D eigenvalue weighted by atomic mass is 16.5. The summed E-state index contributed by atoms with van der Waals surface area (Å²) in [4.78, 5) is 26.0. The number of hydrogen-bond donors (Lipinski definition) is 3. The van der Waals surface area contributed by atoms with Gasteiger partial charge in [0, 0.05) is 6.42 Å². The van der Waals surface area contributed by atoms with E-state index in [1.165, 1.54) is 148 Å². The zero-order chi connectivity index (χ0) is 41.7. The molecule has 3 atom stereocenters. The fourth-order valence-corrected chi connectivity index (χ4v) is 7.55. The lowest BCUT2D eigenvalue weighted by atomic mass is 10.0. The first-order chi connectivity index (χ1) is 28.0. The third kappa shape index (κ3) is 40.6. The first-order valence-corrected chi connectivity index (χ1v) is 24.7. The molecule has 334 valence electrons. The normalized spacial score (nSPS) is 13.6. The Balaban J connectivity index is 4.51. The molecule has 0 aromatic carbocycles. The lowest BCUT2D eigenvalue weighted by Gasteiger charge is -2.24. The average Bonchev–Trinajstić information content (AvgIpc) is 3.20. The van der Waals surface area contributed by atoms with Crippen molar-refractivity contribution >= 4 is 11.9 Å². The van der Waals surface area contributed by atoms with Crippen molar-refractivity contribution in [3.8, 4) is 0 Å². The molecule has 0 aliphatic carbocycles. The van der Waals surface area contributed by atoms with Crippen LogP contribution < -0.4 is 5.32 Å². The van der Waals surface area contributed by atoms with Crippen molar-refractivity contribution < 1.29 is 24.5 Å². The monoisotopic (exact) mass is 802 g/mol. The molecule has 0 radical (unpaired) electrons. The Kier molecular flexibility index (Phi) is 43.6. The Morgan fingerprint density at radius 2 is 0.947 bits per heavy atom. The number of nitrogens with one attached hydrogen (secondary N) is 1.